The zero-order valence-corrected chi connectivity index (χ0v) is 17.6. The van der Waals surface area contributed by atoms with Gasteiger partial charge in [-0.3, -0.25) is 4.79 Å². The second-order valence-corrected chi connectivity index (χ2v) is 6.91. The fourth-order valence-electron chi connectivity index (χ4n) is 3.41. The van der Waals surface area contributed by atoms with E-state index in [1.54, 1.807) is 18.2 Å². The van der Waals surface area contributed by atoms with Gasteiger partial charge in [0.15, 0.2) is 11.5 Å². The molecule has 0 saturated heterocycles. The third kappa shape index (κ3) is 4.79. The molecule has 0 bridgehead atoms. The predicted molar refractivity (Wildman–Crippen MR) is 111 cm³/mol. The highest BCUT2D eigenvalue weighted by Crippen LogP contribution is 2.37. The number of rotatable bonds is 6. The number of carbonyl (C=O) groups excluding carboxylic acids is 2. The van der Waals surface area contributed by atoms with Crippen molar-refractivity contribution in [3.05, 3.63) is 64.9 Å². The molecule has 0 radical (unpaired) electrons. The molecule has 0 aliphatic carbocycles. The molecule has 170 valence electrons. The number of alkyl halides is 3. The molecule has 7 nitrogen and oxygen atoms in total. The number of hydrogen-bond donors (Lipinski definition) is 3. The van der Waals surface area contributed by atoms with Gasteiger partial charge < -0.3 is 25.4 Å². The van der Waals surface area contributed by atoms with Crippen molar-refractivity contribution in [1.82, 2.24) is 10.6 Å². The molecule has 1 atom stereocenters. The number of allylic oxidation sites excluding steroid dienone is 1. The van der Waals surface area contributed by atoms with Crippen molar-refractivity contribution >= 4 is 17.6 Å². The van der Waals surface area contributed by atoms with Crippen LogP contribution in [0.4, 0.5) is 23.7 Å². The first-order chi connectivity index (χ1) is 15.2. The first-order valence-electron chi connectivity index (χ1n) is 9.72. The van der Waals surface area contributed by atoms with Gasteiger partial charge in [-0.1, -0.05) is 18.2 Å². The highest BCUT2D eigenvalue weighted by atomic mass is 19.4. The molecule has 3 amide bonds. The molecule has 1 unspecified atom stereocenters. The average Bonchev–Trinajstić information content (AvgIpc) is 2.73. The summed E-state index contributed by atoms with van der Waals surface area (Å²) < 4.78 is 50.8. The Balaban J connectivity index is 2.00. The number of urea groups is 1. The fourth-order valence-corrected chi connectivity index (χ4v) is 3.41. The quantitative estimate of drug-likeness (QED) is 0.611. The Kier molecular flexibility index (Phi) is 6.61. The van der Waals surface area contributed by atoms with Crippen LogP contribution >= 0.6 is 0 Å². The van der Waals surface area contributed by atoms with Gasteiger partial charge in [0.2, 0.25) is 0 Å². The minimum atomic E-state index is -4.64. The van der Waals surface area contributed by atoms with Gasteiger partial charge in [0.1, 0.15) is 0 Å². The van der Waals surface area contributed by atoms with E-state index in [-0.39, 0.29) is 17.0 Å². The van der Waals surface area contributed by atoms with E-state index in [9.17, 15) is 22.8 Å². The fraction of sp³-hybridized carbons (Fsp3) is 0.273. The summed E-state index contributed by atoms with van der Waals surface area (Å²) in [4.78, 5) is 25.2. The van der Waals surface area contributed by atoms with Gasteiger partial charge in [-0.15, -0.1) is 0 Å². The standard InChI is InChI=1S/C22H22F3N3O4/c1-4-32-16-10-9-13(11-17(16)31-3)19-18(12(2)26-21(30)28-19)20(29)27-15-8-6-5-7-14(15)22(23,24)25/h5-11,19H,4H2,1-3H3,(H,27,29)(H2,26,28,30). The van der Waals surface area contributed by atoms with E-state index in [0.29, 0.717) is 23.7 Å². The number of ether oxygens (including phenoxy) is 2. The predicted octanol–water partition coefficient (Wildman–Crippen LogP) is 4.38. The summed E-state index contributed by atoms with van der Waals surface area (Å²) in [5, 5.41) is 7.46. The number of benzene rings is 2. The molecule has 2 aromatic rings. The molecule has 0 spiro atoms. The van der Waals surface area contributed by atoms with Crippen molar-refractivity contribution in [2.45, 2.75) is 26.1 Å². The van der Waals surface area contributed by atoms with Gasteiger partial charge in [-0.05, 0) is 43.7 Å². The van der Waals surface area contributed by atoms with Gasteiger partial charge in [-0.25, -0.2) is 4.79 Å². The second-order valence-electron chi connectivity index (χ2n) is 6.91. The van der Waals surface area contributed by atoms with Crippen LogP contribution in [0.5, 0.6) is 11.5 Å². The average molecular weight is 449 g/mol. The smallest absolute Gasteiger partial charge is 0.418 e. The van der Waals surface area contributed by atoms with Gasteiger partial charge in [-0.2, -0.15) is 13.2 Å². The number of para-hydroxylation sites is 1. The molecule has 10 heteroatoms. The van der Waals surface area contributed by atoms with Gasteiger partial charge in [0.25, 0.3) is 5.91 Å². The van der Waals surface area contributed by atoms with Crippen molar-refractivity contribution in [3.8, 4) is 11.5 Å². The minimum absolute atomic E-state index is 0.0628. The van der Waals surface area contributed by atoms with Crippen molar-refractivity contribution < 1.29 is 32.2 Å². The highest BCUT2D eigenvalue weighted by Gasteiger charge is 2.36. The number of halogens is 3. The number of anilines is 1. The SMILES string of the molecule is CCOc1ccc(C2NC(=O)NC(C)=C2C(=O)Nc2ccccc2C(F)(F)F)cc1OC. The zero-order chi connectivity index (χ0) is 23.5. The van der Waals surface area contributed by atoms with Crippen LogP contribution in [0.15, 0.2) is 53.7 Å². The molecule has 32 heavy (non-hydrogen) atoms. The van der Waals surface area contributed by atoms with E-state index in [4.69, 9.17) is 9.47 Å². The Morgan fingerprint density at radius 2 is 1.88 bits per heavy atom. The lowest BCUT2D eigenvalue weighted by Gasteiger charge is -2.29. The third-order valence-electron chi connectivity index (χ3n) is 4.82. The Morgan fingerprint density at radius 1 is 1.16 bits per heavy atom. The molecule has 0 aromatic heterocycles. The maximum absolute atomic E-state index is 13.3. The topological polar surface area (TPSA) is 88.7 Å². The van der Waals surface area contributed by atoms with E-state index < -0.39 is 29.7 Å². The van der Waals surface area contributed by atoms with Crippen LogP contribution in [0.25, 0.3) is 0 Å². The van der Waals surface area contributed by atoms with Crippen molar-refractivity contribution in [2.75, 3.05) is 19.0 Å². The molecule has 1 aliphatic rings. The van der Waals surface area contributed by atoms with Crippen molar-refractivity contribution in [2.24, 2.45) is 0 Å². The van der Waals surface area contributed by atoms with E-state index in [2.05, 4.69) is 16.0 Å². The number of carbonyl (C=O) groups is 2. The summed E-state index contributed by atoms with van der Waals surface area (Å²) in [5.74, 6) is 0.0753. The van der Waals surface area contributed by atoms with Gasteiger partial charge >= 0.3 is 12.2 Å². The van der Waals surface area contributed by atoms with Crippen molar-refractivity contribution in [1.29, 1.82) is 0 Å². The monoisotopic (exact) mass is 449 g/mol. The number of nitrogens with one attached hydrogen (secondary N) is 3. The molecule has 3 rings (SSSR count). The Bertz CT molecular complexity index is 1070. The lowest BCUT2D eigenvalue weighted by atomic mass is 9.94. The number of methoxy groups -OCH3 is 1. The van der Waals surface area contributed by atoms with E-state index in [0.717, 1.165) is 6.07 Å². The largest absolute Gasteiger partial charge is 0.493 e. The van der Waals surface area contributed by atoms with E-state index in [1.807, 2.05) is 6.92 Å². The molecule has 2 aromatic carbocycles. The van der Waals surface area contributed by atoms with Crippen LogP contribution in [-0.4, -0.2) is 25.7 Å². The molecule has 0 saturated carbocycles. The summed E-state index contributed by atoms with van der Waals surface area (Å²) in [6.07, 6.45) is -4.64. The Morgan fingerprint density at radius 3 is 2.53 bits per heavy atom. The molecular formula is C22H22F3N3O4. The Labute approximate surface area is 182 Å². The molecule has 1 heterocycles. The first kappa shape index (κ1) is 23.0. The lowest BCUT2D eigenvalue weighted by Crippen LogP contribution is -2.46. The third-order valence-corrected chi connectivity index (χ3v) is 4.82. The number of amides is 3. The lowest BCUT2D eigenvalue weighted by molar-refractivity contribution is -0.137. The van der Waals surface area contributed by atoms with Crippen LogP contribution in [0, 0.1) is 0 Å². The second kappa shape index (κ2) is 9.21. The summed E-state index contributed by atoms with van der Waals surface area (Å²) in [7, 11) is 1.45. The summed E-state index contributed by atoms with van der Waals surface area (Å²) in [6, 6.07) is 8.09. The van der Waals surface area contributed by atoms with Crippen LogP contribution in [0.3, 0.4) is 0 Å². The zero-order valence-electron chi connectivity index (χ0n) is 17.6. The number of hydrogen-bond acceptors (Lipinski definition) is 4. The van der Waals surface area contributed by atoms with Crippen molar-refractivity contribution in [3.63, 3.8) is 0 Å². The normalized spacial score (nSPS) is 16.2. The molecule has 0 fully saturated rings. The molecular weight excluding hydrogens is 427 g/mol. The molecule has 3 N–H and O–H groups in total. The van der Waals surface area contributed by atoms with E-state index in [1.165, 1.54) is 32.2 Å². The van der Waals surface area contributed by atoms with E-state index >= 15 is 0 Å². The highest BCUT2D eigenvalue weighted by molar-refractivity contribution is 6.07. The molecule has 1 aliphatic heterocycles. The summed E-state index contributed by atoms with van der Waals surface area (Å²) >= 11 is 0. The summed E-state index contributed by atoms with van der Waals surface area (Å²) in [5.41, 5.74) is -0.584. The van der Waals surface area contributed by atoms with Crippen LogP contribution in [-0.2, 0) is 11.0 Å². The van der Waals surface area contributed by atoms with Crippen LogP contribution in [0.1, 0.15) is 31.0 Å². The maximum atomic E-state index is 13.3. The first-order valence-corrected chi connectivity index (χ1v) is 9.72. The van der Waals surface area contributed by atoms with Crippen LogP contribution in [0.2, 0.25) is 0 Å². The van der Waals surface area contributed by atoms with Gasteiger partial charge in [0, 0.05) is 5.70 Å². The Hall–Kier alpha value is -3.69. The maximum Gasteiger partial charge on any atom is 0.418 e. The minimum Gasteiger partial charge on any atom is -0.493 e. The van der Waals surface area contributed by atoms with Crippen LogP contribution < -0.4 is 25.4 Å². The summed E-state index contributed by atoms with van der Waals surface area (Å²) in [6.45, 7) is 3.72. The van der Waals surface area contributed by atoms with Gasteiger partial charge in [0.05, 0.1) is 36.6 Å².